The van der Waals surface area contributed by atoms with Gasteiger partial charge in [-0.05, 0) is 121 Å². The Kier molecular flexibility index (Phi) is 27.2. The lowest BCUT2D eigenvalue weighted by atomic mass is 10.0. The first-order valence-corrected chi connectivity index (χ1v) is 34.8. The first-order valence-electron chi connectivity index (χ1n) is 33.2. The van der Waals surface area contributed by atoms with Gasteiger partial charge in [-0.1, -0.05) is 313 Å². The maximum Gasteiger partial charge on any atom is 0.0543 e. The highest BCUT2D eigenvalue weighted by Gasteiger charge is 2.16. The Hall–Kier alpha value is -4.12. The summed E-state index contributed by atoms with van der Waals surface area (Å²) in [5.74, 6) is 0. The van der Waals surface area contributed by atoms with Crippen LogP contribution < -0.4 is 0 Å². The molecule has 0 aliphatic rings. The second kappa shape index (κ2) is 35.1. The number of rotatable bonds is 41. The molecule has 0 atom stereocenters. The first-order chi connectivity index (χ1) is 39.5. The van der Waals surface area contributed by atoms with Gasteiger partial charge in [-0.2, -0.15) is 0 Å². The van der Waals surface area contributed by atoms with Gasteiger partial charge in [0.15, 0.2) is 0 Å². The number of hydrogen-bond donors (Lipinski definition) is 0. The van der Waals surface area contributed by atoms with Crippen molar-refractivity contribution in [1.82, 2.24) is 9.13 Å². The van der Waals surface area contributed by atoms with Crippen LogP contribution in [0.3, 0.4) is 0 Å². The van der Waals surface area contributed by atoms with E-state index in [0.29, 0.717) is 0 Å². The van der Waals surface area contributed by atoms with Crippen LogP contribution in [-0.2, 0) is 12.8 Å². The van der Waals surface area contributed by atoms with Gasteiger partial charge in [0.05, 0.1) is 22.1 Å². The van der Waals surface area contributed by atoms with Crippen LogP contribution in [0.5, 0.6) is 0 Å². The summed E-state index contributed by atoms with van der Waals surface area (Å²) in [5.41, 5.74) is 12.9. The summed E-state index contributed by atoms with van der Waals surface area (Å²) in [7, 11) is 0. The van der Waals surface area contributed by atoms with Gasteiger partial charge in [0.25, 0.3) is 0 Å². The SMILES string of the molecule is CCCCCCCCCCCCCCCCCCCCc1ccc2c3cc(Br)ccc3n(-c3ccc(-c4ccc(-n5c6ccc(Br)cc6c6ccc(CCCCCCCCCCCCCCCCCCCC)cc65)cc4)cc3)c2c1. The first kappa shape index (κ1) is 61.9. The summed E-state index contributed by atoms with van der Waals surface area (Å²) in [5, 5.41) is 5.23. The van der Waals surface area contributed by atoms with Crippen molar-refractivity contribution >= 4 is 75.5 Å². The fourth-order valence-electron chi connectivity index (χ4n) is 13.0. The predicted octanol–water partition coefficient (Wildman–Crippen LogP) is 26.2. The van der Waals surface area contributed by atoms with Gasteiger partial charge < -0.3 is 9.13 Å². The smallest absolute Gasteiger partial charge is 0.0543 e. The molecule has 0 radical (unpaired) electrons. The molecule has 8 aromatic rings. The second-order valence-corrected chi connectivity index (χ2v) is 26.1. The van der Waals surface area contributed by atoms with E-state index in [-0.39, 0.29) is 0 Å². The van der Waals surface area contributed by atoms with Crippen LogP contribution in [0.2, 0.25) is 0 Å². The highest BCUT2D eigenvalue weighted by Crippen LogP contribution is 2.38. The summed E-state index contributed by atoms with van der Waals surface area (Å²) in [4.78, 5) is 0. The summed E-state index contributed by atoms with van der Waals surface area (Å²) in [6.07, 6.45) is 53.1. The van der Waals surface area contributed by atoms with Gasteiger partial charge in [-0.15, -0.1) is 0 Å². The normalized spacial score (nSPS) is 11.9. The van der Waals surface area contributed by atoms with Crippen molar-refractivity contribution in [1.29, 1.82) is 0 Å². The maximum absolute atomic E-state index is 3.79. The quantitative estimate of drug-likeness (QED) is 0.0338. The van der Waals surface area contributed by atoms with Crippen molar-refractivity contribution in [2.75, 3.05) is 0 Å². The number of hydrogen-bond acceptors (Lipinski definition) is 0. The Morgan fingerprint density at radius 2 is 0.525 bits per heavy atom. The Balaban J connectivity index is 0.812. The molecule has 2 nitrogen and oxygen atoms in total. The Bertz CT molecular complexity index is 2800. The minimum atomic E-state index is 1.12. The summed E-state index contributed by atoms with van der Waals surface area (Å²) < 4.78 is 7.21. The van der Waals surface area contributed by atoms with Crippen LogP contribution in [0.1, 0.15) is 256 Å². The zero-order valence-corrected chi connectivity index (χ0v) is 53.2. The minimum Gasteiger partial charge on any atom is -0.309 e. The second-order valence-electron chi connectivity index (χ2n) is 24.3. The molecule has 430 valence electrons. The van der Waals surface area contributed by atoms with E-state index < -0.39 is 0 Å². The summed E-state index contributed by atoms with van der Waals surface area (Å²) in [6, 6.07) is 46.5. The van der Waals surface area contributed by atoms with Crippen molar-refractivity contribution in [3.8, 4) is 22.5 Å². The predicted molar refractivity (Wildman–Crippen MR) is 361 cm³/mol. The van der Waals surface area contributed by atoms with Crippen LogP contribution in [0, 0.1) is 0 Å². The van der Waals surface area contributed by atoms with Crippen molar-refractivity contribution in [3.63, 3.8) is 0 Å². The maximum atomic E-state index is 3.79. The van der Waals surface area contributed by atoms with Gasteiger partial charge in [-0.3, -0.25) is 0 Å². The van der Waals surface area contributed by atoms with Crippen LogP contribution in [0.4, 0.5) is 0 Å². The van der Waals surface area contributed by atoms with Crippen LogP contribution in [0.15, 0.2) is 130 Å². The topological polar surface area (TPSA) is 9.86 Å². The van der Waals surface area contributed by atoms with Gasteiger partial charge in [0, 0.05) is 41.9 Å². The van der Waals surface area contributed by atoms with E-state index >= 15 is 0 Å². The number of benzene rings is 6. The third-order valence-electron chi connectivity index (χ3n) is 17.8. The molecule has 80 heavy (non-hydrogen) atoms. The molecule has 8 rings (SSSR count). The number of fused-ring (bicyclic) bond motifs is 6. The van der Waals surface area contributed by atoms with E-state index in [1.807, 2.05) is 0 Å². The lowest BCUT2D eigenvalue weighted by Crippen LogP contribution is -1.96. The molecule has 0 N–H and O–H groups in total. The number of aryl methyl sites for hydroxylation is 2. The standard InChI is InChI=1S/C76H102Br2N2/c1-3-5-7-9-11-13-15-17-19-21-23-25-27-29-31-33-35-37-39-61-41-53-69-71-59-65(77)47-55-73(71)79(75(69)57-61)67-49-43-63(44-50-67)64-45-51-68(52-46-64)80-74-56-48-66(78)60-72(74)70-54-42-62(58-76(70)80)40-38-36-34-32-30-28-26-24-22-20-18-16-14-12-10-8-6-4-2/h41-60H,3-40H2,1-2H3. The molecule has 0 saturated carbocycles. The van der Waals surface area contributed by atoms with E-state index in [1.165, 1.54) is 308 Å². The molecule has 0 saturated heterocycles. The van der Waals surface area contributed by atoms with Crippen LogP contribution in [-0.4, -0.2) is 9.13 Å². The third-order valence-corrected chi connectivity index (χ3v) is 18.8. The van der Waals surface area contributed by atoms with Crippen molar-refractivity contribution < 1.29 is 0 Å². The molecule has 0 spiro atoms. The molecule has 0 aliphatic heterocycles. The zero-order chi connectivity index (χ0) is 55.4. The molecule has 4 heteroatoms. The van der Waals surface area contributed by atoms with Crippen molar-refractivity contribution in [2.45, 2.75) is 258 Å². The summed E-state index contributed by atoms with van der Waals surface area (Å²) in [6.45, 7) is 4.62. The van der Waals surface area contributed by atoms with Crippen LogP contribution in [0.25, 0.3) is 66.1 Å². The van der Waals surface area contributed by atoms with Gasteiger partial charge >= 0.3 is 0 Å². The number of halogens is 2. The Labute approximate surface area is 503 Å². The molecule has 0 aliphatic carbocycles. The van der Waals surface area contributed by atoms with Crippen LogP contribution >= 0.6 is 31.9 Å². The number of unbranched alkanes of at least 4 members (excludes halogenated alkanes) is 34. The third kappa shape index (κ3) is 19.0. The average molecular weight is 1200 g/mol. The monoisotopic (exact) mass is 1200 g/mol. The van der Waals surface area contributed by atoms with E-state index in [1.54, 1.807) is 0 Å². The van der Waals surface area contributed by atoms with Gasteiger partial charge in [0.1, 0.15) is 0 Å². The zero-order valence-electron chi connectivity index (χ0n) is 50.1. The lowest BCUT2D eigenvalue weighted by molar-refractivity contribution is 0.525. The molecule has 0 bridgehead atoms. The molecule has 2 aromatic heterocycles. The molecule has 6 aromatic carbocycles. The van der Waals surface area contributed by atoms with E-state index in [4.69, 9.17) is 0 Å². The van der Waals surface area contributed by atoms with Gasteiger partial charge in [-0.25, -0.2) is 0 Å². The highest BCUT2D eigenvalue weighted by molar-refractivity contribution is 9.10. The van der Waals surface area contributed by atoms with Gasteiger partial charge in [0.2, 0.25) is 0 Å². The van der Waals surface area contributed by atoms with Crippen molar-refractivity contribution in [3.05, 3.63) is 141 Å². The van der Waals surface area contributed by atoms with Crippen molar-refractivity contribution in [2.24, 2.45) is 0 Å². The molecule has 0 unspecified atom stereocenters. The lowest BCUT2D eigenvalue weighted by Gasteiger charge is -2.12. The molecule has 2 heterocycles. The highest BCUT2D eigenvalue weighted by atomic mass is 79.9. The molecule has 0 amide bonds. The fourth-order valence-corrected chi connectivity index (χ4v) is 13.7. The number of nitrogens with zero attached hydrogens (tertiary/aromatic N) is 2. The fraction of sp³-hybridized carbons (Fsp3) is 0.526. The molecular formula is C76H102Br2N2. The Morgan fingerprint density at radius 1 is 0.250 bits per heavy atom. The molecule has 0 fully saturated rings. The minimum absolute atomic E-state index is 1.12. The largest absolute Gasteiger partial charge is 0.309 e. The Morgan fingerprint density at radius 3 is 0.812 bits per heavy atom. The van der Waals surface area contributed by atoms with E-state index in [9.17, 15) is 0 Å². The number of aromatic nitrogens is 2. The van der Waals surface area contributed by atoms with E-state index in [0.717, 1.165) is 21.8 Å². The average Bonchev–Trinajstić information content (AvgIpc) is 4.15. The molecular weight excluding hydrogens is 1100 g/mol. The van der Waals surface area contributed by atoms with E-state index in [2.05, 4.69) is 176 Å². The summed E-state index contributed by atoms with van der Waals surface area (Å²) >= 11 is 7.59.